The molecule has 0 amide bonds. The first kappa shape index (κ1) is 36.9. The summed E-state index contributed by atoms with van der Waals surface area (Å²) in [4.78, 5) is 0.381. The Morgan fingerprint density at radius 2 is 0.550 bits per heavy atom. The van der Waals surface area contributed by atoms with Gasteiger partial charge in [0.1, 0.15) is 0 Å². The summed E-state index contributed by atoms with van der Waals surface area (Å²) in [5, 5.41) is 0. The van der Waals surface area contributed by atoms with E-state index in [1.807, 2.05) is 0 Å². The Morgan fingerprint density at radius 1 is 0.325 bits per heavy atom. The van der Waals surface area contributed by atoms with Crippen LogP contribution in [0.1, 0.15) is 168 Å². The van der Waals surface area contributed by atoms with Crippen LogP contribution in [0.25, 0.3) is 0 Å². The lowest BCUT2D eigenvalue weighted by molar-refractivity contribution is -0.835. The summed E-state index contributed by atoms with van der Waals surface area (Å²) in [5.41, 5.74) is -0.678. The molecule has 0 heterocycles. The Labute approximate surface area is 242 Å². The SMILES string of the molecule is CCCCCCCCCCCCCC[NH+](CCCCCCCCCCCCCC)c1c(F)c(F)c(F)c(F)c1F. The van der Waals surface area contributed by atoms with E-state index in [1.165, 1.54) is 103 Å². The first-order chi connectivity index (χ1) is 19.5. The maximum Gasteiger partial charge on any atom is 0.225 e. The molecule has 0 aliphatic heterocycles. The van der Waals surface area contributed by atoms with Crippen LogP contribution >= 0.6 is 0 Å². The third kappa shape index (κ3) is 15.7. The zero-order chi connectivity index (χ0) is 29.4. The Morgan fingerprint density at radius 3 is 0.825 bits per heavy atom. The third-order valence-electron chi connectivity index (χ3n) is 8.23. The first-order valence-corrected chi connectivity index (χ1v) is 16.8. The van der Waals surface area contributed by atoms with Crippen LogP contribution in [0.3, 0.4) is 0 Å². The molecule has 1 rings (SSSR count). The minimum atomic E-state index is -2.08. The van der Waals surface area contributed by atoms with Gasteiger partial charge in [-0.2, -0.15) is 8.78 Å². The molecule has 6 heteroatoms. The zero-order valence-corrected chi connectivity index (χ0v) is 25.8. The van der Waals surface area contributed by atoms with E-state index in [0.29, 0.717) is 30.8 Å². The molecule has 0 bridgehead atoms. The summed E-state index contributed by atoms with van der Waals surface area (Å²) >= 11 is 0. The molecule has 40 heavy (non-hydrogen) atoms. The molecule has 0 saturated heterocycles. The summed E-state index contributed by atoms with van der Waals surface area (Å²) < 4.78 is 70.7. The predicted octanol–water partition coefficient (Wildman–Crippen LogP) is 11.3. The van der Waals surface area contributed by atoms with E-state index < -0.39 is 34.8 Å². The van der Waals surface area contributed by atoms with Gasteiger partial charge in [-0.1, -0.05) is 142 Å². The first-order valence-electron chi connectivity index (χ1n) is 16.8. The molecular weight excluding hydrogens is 517 g/mol. The maximum absolute atomic E-state index is 14.6. The second kappa shape index (κ2) is 24.4. The summed E-state index contributed by atoms with van der Waals surface area (Å²) in [6.45, 7) is 5.22. The molecule has 0 atom stereocenters. The molecule has 0 aliphatic rings. The normalized spacial score (nSPS) is 11.7. The van der Waals surface area contributed by atoms with Gasteiger partial charge in [-0.25, -0.2) is 13.2 Å². The molecule has 0 saturated carbocycles. The summed E-state index contributed by atoms with van der Waals surface area (Å²) in [7, 11) is 0. The van der Waals surface area contributed by atoms with Crippen LogP contribution in [-0.4, -0.2) is 13.1 Å². The van der Waals surface area contributed by atoms with E-state index in [-0.39, 0.29) is 0 Å². The van der Waals surface area contributed by atoms with Crippen LogP contribution in [-0.2, 0) is 0 Å². The van der Waals surface area contributed by atoms with Gasteiger partial charge in [-0.05, 0) is 25.7 Å². The second-order valence-electron chi connectivity index (χ2n) is 11.8. The van der Waals surface area contributed by atoms with Crippen LogP contribution in [0.15, 0.2) is 0 Å². The van der Waals surface area contributed by atoms with E-state index in [2.05, 4.69) is 13.8 Å². The van der Waals surface area contributed by atoms with Crippen molar-refractivity contribution in [1.82, 2.24) is 0 Å². The van der Waals surface area contributed by atoms with Gasteiger partial charge in [0.25, 0.3) is 0 Å². The number of unbranched alkanes of at least 4 members (excludes halogenated alkanes) is 22. The molecule has 0 unspecified atom stereocenters. The van der Waals surface area contributed by atoms with Crippen molar-refractivity contribution in [2.45, 2.75) is 168 Å². The van der Waals surface area contributed by atoms with E-state index >= 15 is 0 Å². The monoisotopic (exact) mass is 576 g/mol. The van der Waals surface area contributed by atoms with Crippen molar-refractivity contribution in [2.24, 2.45) is 0 Å². The lowest BCUT2D eigenvalue weighted by atomic mass is 10.0. The summed E-state index contributed by atoms with van der Waals surface area (Å²) in [6.07, 6.45) is 28.1. The molecule has 0 radical (unpaired) electrons. The summed E-state index contributed by atoms with van der Waals surface area (Å²) in [6, 6.07) is 0. The Bertz CT molecular complexity index is 697. The second-order valence-corrected chi connectivity index (χ2v) is 11.8. The highest BCUT2D eigenvalue weighted by Gasteiger charge is 2.32. The fourth-order valence-corrected chi connectivity index (χ4v) is 5.65. The van der Waals surface area contributed by atoms with Crippen molar-refractivity contribution in [3.05, 3.63) is 29.1 Å². The fraction of sp³-hybridized carbons (Fsp3) is 0.824. The highest BCUT2D eigenvalue weighted by molar-refractivity contribution is 5.35. The van der Waals surface area contributed by atoms with Crippen LogP contribution in [0, 0.1) is 29.1 Å². The smallest absolute Gasteiger partial charge is 0.225 e. The molecule has 1 nitrogen and oxygen atoms in total. The van der Waals surface area contributed by atoms with E-state index in [1.54, 1.807) is 0 Å². The van der Waals surface area contributed by atoms with Crippen LogP contribution in [0.4, 0.5) is 27.6 Å². The van der Waals surface area contributed by atoms with Gasteiger partial charge < -0.3 is 0 Å². The van der Waals surface area contributed by atoms with Gasteiger partial charge in [0.2, 0.25) is 34.8 Å². The van der Waals surface area contributed by atoms with E-state index in [4.69, 9.17) is 0 Å². The average Bonchev–Trinajstić information content (AvgIpc) is 2.95. The Kier molecular flexibility index (Phi) is 22.5. The van der Waals surface area contributed by atoms with Crippen LogP contribution in [0.2, 0.25) is 0 Å². The van der Waals surface area contributed by atoms with Crippen molar-refractivity contribution < 1.29 is 26.9 Å². The fourth-order valence-electron chi connectivity index (χ4n) is 5.65. The molecule has 0 fully saturated rings. The Balaban J connectivity index is 2.41. The number of nitrogens with one attached hydrogen (secondary N) is 1. The number of benzene rings is 1. The minimum Gasteiger partial charge on any atom is -0.297 e. The topological polar surface area (TPSA) is 4.44 Å². The molecule has 1 N–H and O–H groups in total. The van der Waals surface area contributed by atoms with E-state index in [9.17, 15) is 22.0 Å². The lowest BCUT2D eigenvalue weighted by Crippen LogP contribution is -3.07. The number of quaternary nitrogens is 1. The van der Waals surface area contributed by atoms with Gasteiger partial charge in [0, 0.05) is 0 Å². The van der Waals surface area contributed by atoms with Crippen molar-refractivity contribution in [3.63, 3.8) is 0 Å². The molecule has 1 aromatic carbocycles. The van der Waals surface area contributed by atoms with E-state index in [0.717, 1.165) is 38.5 Å². The molecule has 234 valence electrons. The Hall–Kier alpha value is -1.17. The predicted molar refractivity (Wildman–Crippen MR) is 159 cm³/mol. The molecule has 0 spiro atoms. The van der Waals surface area contributed by atoms with Crippen LogP contribution < -0.4 is 4.90 Å². The quantitative estimate of drug-likeness (QED) is 0.0460. The van der Waals surface area contributed by atoms with Crippen molar-refractivity contribution >= 4 is 5.69 Å². The number of rotatable bonds is 27. The van der Waals surface area contributed by atoms with Gasteiger partial charge in [-0.15, -0.1) is 0 Å². The number of hydrogen-bond donors (Lipinski definition) is 1. The largest absolute Gasteiger partial charge is 0.297 e. The molecule has 1 aromatic rings. The highest BCUT2D eigenvalue weighted by Crippen LogP contribution is 2.25. The zero-order valence-electron chi connectivity index (χ0n) is 25.8. The van der Waals surface area contributed by atoms with Gasteiger partial charge in [-0.3, -0.25) is 4.90 Å². The van der Waals surface area contributed by atoms with Crippen molar-refractivity contribution in [2.75, 3.05) is 13.1 Å². The summed E-state index contributed by atoms with van der Waals surface area (Å²) in [5.74, 6) is -9.10. The average molecular weight is 577 g/mol. The van der Waals surface area contributed by atoms with Gasteiger partial charge in [0.05, 0.1) is 13.1 Å². The maximum atomic E-state index is 14.6. The van der Waals surface area contributed by atoms with Crippen LogP contribution in [0.5, 0.6) is 0 Å². The molecular formula is C34H59F5N+. The third-order valence-corrected chi connectivity index (χ3v) is 8.23. The molecule has 0 aliphatic carbocycles. The number of halogens is 5. The number of hydrogen-bond acceptors (Lipinski definition) is 0. The standard InChI is InChI=1S/C34H58F5N/c1-3-5-7-9-11-13-15-17-19-21-23-25-27-40(34-32(38)30(36)29(35)31(37)33(34)39)28-26-24-22-20-18-16-14-12-10-8-6-4-2/h3-28H2,1-2H3/p+1. The minimum absolute atomic E-state index is 0.381. The van der Waals surface area contributed by atoms with Crippen molar-refractivity contribution in [3.8, 4) is 0 Å². The van der Waals surface area contributed by atoms with Crippen molar-refractivity contribution in [1.29, 1.82) is 0 Å². The van der Waals surface area contributed by atoms with Gasteiger partial charge in [0.15, 0.2) is 0 Å². The highest BCUT2D eigenvalue weighted by atomic mass is 19.2. The van der Waals surface area contributed by atoms with Gasteiger partial charge >= 0.3 is 0 Å². The molecule has 0 aromatic heterocycles. The lowest BCUT2D eigenvalue weighted by Gasteiger charge is -2.21.